The van der Waals surface area contributed by atoms with E-state index in [-0.39, 0.29) is 16.2 Å². The first kappa shape index (κ1) is 25.8. The number of benzene rings is 3. The molecule has 3 aromatic carbocycles. The molecule has 186 valence electrons. The second kappa shape index (κ2) is 9.32. The summed E-state index contributed by atoms with van der Waals surface area (Å²) >= 11 is 0. The van der Waals surface area contributed by atoms with Gasteiger partial charge < -0.3 is 0 Å². The van der Waals surface area contributed by atoms with Crippen LogP contribution in [0.4, 0.5) is 0 Å². The van der Waals surface area contributed by atoms with Crippen LogP contribution in [0.5, 0.6) is 0 Å². The molecule has 0 aliphatic carbocycles. The molecule has 36 heavy (non-hydrogen) atoms. The van der Waals surface area contributed by atoms with Gasteiger partial charge in [0.25, 0.3) is 0 Å². The second-order valence-corrected chi connectivity index (χ2v) is 12.9. The lowest BCUT2D eigenvalue weighted by molar-refractivity contribution is 0.561. The molecule has 0 bridgehead atoms. The van der Waals surface area contributed by atoms with Crippen LogP contribution in [0, 0.1) is 0 Å². The van der Waals surface area contributed by atoms with Gasteiger partial charge in [0, 0.05) is 5.56 Å². The minimum absolute atomic E-state index is 0.0969. The van der Waals surface area contributed by atoms with Gasteiger partial charge in [-0.05, 0) is 57.2 Å². The van der Waals surface area contributed by atoms with Gasteiger partial charge in [0.2, 0.25) is 0 Å². The van der Waals surface area contributed by atoms with Crippen molar-refractivity contribution in [2.45, 2.75) is 78.6 Å². The molecule has 0 amide bonds. The number of aromatic nitrogens is 1. The van der Waals surface area contributed by atoms with Gasteiger partial charge in [0.05, 0.1) is 17.3 Å². The third kappa shape index (κ3) is 5.75. The van der Waals surface area contributed by atoms with E-state index in [9.17, 15) is 0 Å². The molecule has 0 radical (unpaired) electrons. The Labute approximate surface area is 217 Å². The molecule has 0 fully saturated rings. The predicted octanol–water partition coefficient (Wildman–Crippen LogP) is 9.85. The maximum absolute atomic E-state index is 6.43. The first-order valence-electron chi connectivity index (χ1n) is 12.9. The first-order valence-corrected chi connectivity index (χ1v) is 12.9. The largest absolute Gasteiger partial charge is 0.460 e. The Morgan fingerprint density at radius 3 is 1.22 bits per heavy atom. The number of rotatable bonds is 3. The summed E-state index contributed by atoms with van der Waals surface area (Å²) in [7, 11) is 0. The Kier molecular flexibility index (Phi) is 6.68. The van der Waals surface area contributed by atoms with Crippen LogP contribution < -0.4 is 0 Å². The van der Waals surface area contributed by atoms with Crippen molar-refractivity contribution in [3.05, 3.63) is 95.6 Å². The van der Waals surface area contributed by atoms with Crippen LogP contribution in [-0.2, 0) is 16.2 Å². The topological polar surface area (TPSA) is 24.2 Å². The average Bonchev–Trinajstić information content (AvgIpc) is 2.82. The minimum atomic E-state index is 0.0969. The third-order valence-corrected chi connectivity index (χ3v) is 6.78. The van der Waals surface area contributed by atoms with Gasteiger partial charge in [-0.2, -0.15) is 9.40 Å². The smallest absolute Gasteiger partial charge is 0.186 e. The quantitative estimate of drug-likeness (QED) is 0.274. The van der Waals surface area contributed by atoms with Crippen molar-refractivity contribution in [3.8, 4) is 34.0 Å². The van der Waals surface area contributed by atoms with E-state index < -0.39 is 0 Å². The van der Waals surface area contributed by atoms with E-state index >= 15 is 0 Å². The summed E-state index contributed by atoms with van der Waals surface area (Å²) in [6, 6.07) is 28.1. The van der Waals surface area contributed by atoms with E-state index in [4.69, 9.17) is 9.40 Å². The van der Waals surface area contributed by atoms with Crippen LogP contribution in [0.3, 0.4) is 0 Å². The number of hydrogen-bond donors (Lipinski definition) is 0. The van der Waals surface area contributed by atoms with Crippen molar-refractivity contribution in [2.24, 2.45) is 0 Å². The molecule has 0 spiro atoms. The maximum Gasteiger partial charge on any atom is 0.460 e. The van der Waals surface area contributed by atoms with Gasteiger partial charge in [-0.15, -0.1) is 0 Å². The first-order chi connectivity index (χ1) is 16.7. The fourth-order valence-corrected chi connectivity index (χ4v) is 4.22. The molecule has 1 heterocycles. The molecule has 4 rings (SSSR count). The van der Waals surface area contributed by atoms with Gasteiger partial charge in [-0.1, -0.05) is 111 Å². The summed E-state index contributed by atoms with van der Waals surface area (Å²) in [5.74, 6) is 1.44. The number of nitrogens with zero attached hydrogens (tertiary/aromatic N) is 1. The van der Waals surface area contributed by atoms with Crippen molar-refractivity contribution < 1.29 is 4.42 Å². The molecule has 0 saturated heterocycles. The molecule has 0 atom stereocenters. The lowest BCUT2D eigenvalue weighted by atomic mass is 9.86. The van der Waals surface area contributed by atoms with E-state index in [1.54, 1.807) is 0 Å². The van der Waals surface area contributed by atoms with Crippen LogP contribution >= 0.6 is 0 Å². The van der Waals surface area contributed by atoms with Crippen LogP contribution in [-0.4, -0.2) is 4.98 Å². The van der Waals surface area contributed by atoms with E-state index in [0.29, 0.717) is 5.89 Å². The van der Waals surface area contributed by atoms with Crippen molar-refractivity contribution in [2.75, 3.05) is 0 Å². The Hall–Kier alpha value is -3.26. The Bertz CT molecular complexity index is 1140. The standard InChI is InChI=1S/C34H40NO/c1-32(2,3)26-16-10-23(11-17-26)29-22-30(24-12-18-27(19-13-24)33(4,5)6)36-31(35-29)25-14-20-28(21-15-25)34(7,8)9/h10-22H,1-9H3/q+1. The Morgan fingerprint density at radius 1 is 0.472 bits per heavy atom. The number of hydrogen-bond acceptors (Lipinski definition) is 1. The van der Waals surface area contributed by atoms with E-state index in [1.807, 2.05) is 0 Å². The highest BCUT2D eigenvalue weighted by Gasteiger charge is 2.24. The molecule has 0 N–H and O–H groups in total. The van der Waals surface area contributed by atoms with E-state index in [1.165, 1.54) is 16.7 Å². The molecule has 2 nitrogen and oxygen atoms in total. The van der Waals surface area contributed by atoms with Gasteiger partial charge in [0.15, 0.2) is 0 Å². The zero-order chi connectivity index (χ0) is 26.3. The predicted molar refractivity (Wildman–Crippen MR) is 153 cm³/mol. The summed E-state index contributed by atoms with van der Waals surface area (Å²) in [4.78, 5) is 4.97. The summed E-state index contributed by atoms with van der Waals surface area (Å²) in [5, 5.41) is 0. The Balaban J connectivity index is 1.82. The highest BCUT2D eigenvalue weighted by atomic mass is 16.3. The molecular weight excluding hydrogens is 438 g/mol. The fourth-order valence-electron chi connectivity index (χ4n) is 4.22. The lowest BCUT2D eigenvalue weighted by Crippen LogP contribution is -2.10. The zero-order valence-corrected chi connectivity index (χ0v) is 23.4. The van der Waals surface area contributed by atoms with Gasteiger partial charge in [0.1, 0.15) is 5.56 Å². The molecule has 4 aromatic rings. The van der Waals surface area contributed by atoms with Crippen molar-refractivity contribution >= 4 is 0 Å². The minimum Gasteiger partial charge on any atom is -0.186 e. The van der Waals surface area contributed by atoms with Crippen LogP contribution in [0.25, 0.3) is 34.0 Å². The summed E-state index contributed by atoms with van der Waals surface area (Å²) in [5.41, 5.74) is 8.22. The Morgan fingerprint density at radius 2 is 0.833 bits per heavy atom. The molecule has 1 aromatic heterocycles. The zero-order valence-electron chi connectivity index (χ0n) is 23.4. The SMILES string of the molecule is CC(C)(C)c1ccc(-c2cc(-c3ccc(C(C)(C)C)cc3)[o+]c(-c3ccc(C(C)(C)C)cc3)n2)cc1. The summed E-state index contributed by atoms with van der Waals surface area (Å²) < 4.78 is 6.43. The van der Waals surface area contributed by atoms with Gasteiger partial charge in [-0.3, -0.25) is 0 Å². The normalized spacial score (nSPS) is 12.6. The van der Waals surface area contributed by atoms with Crippen molar-refractivity contribution in [1.29, 1.82) is 0 Å². The average molecular weight is 479 g/mol. The van der Waals surface area contributed by atoms with Crippen molar-refractivity contribution in [1.82, 2.24) is 4.98 Å². The molecule has 0 aliphatic heterocycles. The third-order valence-electron chi connectivity index (χ3n) is 6.78. The highest BCUT2D eigenvalue weighted by molar-refractivity contribution is 5.70. The summed E-state index contributed by atoms with van der Waals surface area (Å²) in [6.45, 7) is 20.1. The lowest BCUT2D eigenvalue weighted by Gasteiger charge is -2.19. The molecule has 0 aliphatic rings. The fraction of sp³-hybridized carbons (Fsp3) is 0.353. The summed E-state index contributed by atoms with van der Waals surface area (Å²) in [6.07, 6.45) is 0. The van der Waals surface area contributed by atoms with Crippen molar-refractivity contribution in [3.63, 3.8) is 0 Å². The molecular formula is C34H40NO+. The molecule has 0 saturated carbocycles. The highest BCUT2D eigenvalue weighted by Crippen LogP contribution is 2.33. The van der Waals surface area contributed by atoms with Crippen LogP contribution in [0.1, 0.15) is 79.0 Å². The molecule has 0 unspecified atom stereocenters. The monoisotopic (exact) mass is 478 g/mol. The van der Waals surface area contributed by atoms with E-state index in [0.717, 1.165) is 28.1 Å². The van der Waals surface area contributed by atoms with Gasteiger partial charge in [-0.25, -0.2) is 0 Å². The van der Waals surface area contributed by atoms with Crippen LogP contribution in [0.15, 0.2) is 83.3 Å². The maximum atomic E-state index is 6.43. The van der Waals surface area contributed by atoms with Gasteiger partial charge >= 0.3 is 11.7 Å². The second-order valence-electron chi connectivity index (χ2n) is 12.9. The van der Waals surface area contributed by atoms with Crippen LogP contribution in [0.2, 0.25) is 0 Å². The molecule has 2 heteroatoms. The van der Waals surface area contributed by atoms with E-state index in [2.05, 4.69) is 141 Å².